The Morgan fingerprint density at radius 2 is 1.79 bits per heavy atom. The van der Waals surface area contributed by atoms with E-state index in [0.29, 0.717) is 55.7 Å². The molecule has 4 heterocycles. The van der Waals surface area contributed by atoms with E-state index in [2.05, 4.69) is 4.57 Å². The average molecular weight is 537 g/mol. The summed E-state index contributed by atoms with van der Waals surface area (Å²) in [5.74, 6) is 0.631. The molecule has 0 saturated carbocycles. The molecule has 1 fully saturated rings. The van der Waals surface area contributed by atoms with Gasteiger partial charge in [-0.2, -0.15) is 0 Å². The molecule has 2 aromatic carbocycles. The van der Waals surface area contributed by atoms with Crippen molar-refractivity contribution in [1.82, 2.24) is 9.47 Å². The van der Waals surface area contributed by atoms with Crippen molar-refractivity contribution in [2.75, 3.05) is 26.3 Å². The molecule has 3 aromatic rings. The fourth-order valence-electron chi connectivity index (χ4n) is 5.76. The standard InChI is InChI=1S/C29H29ClN2O6/c30-19-6-7-22-21(16-19)28(20-3-1-5-24-29(20)37-14-13-36-24)38-25(23-4-2-10-32(22)23)17-26(33)31-11-8-18(9-12-31)15-27(34)35/h1-7,10,16,18,25,28H,8-9,11-15,17H2,(H,34,35)/t25-,28-/m0/s1. The average Bonchev–Trinajstić information content (AvgIpc) is 3.36. The van der Waals surface area contributed by atoms with Gasteiger partial charge in [0.15, 0.2) is 11.5 Å². The second kappa shape index (κ2) is 10.3. The van der Waals surface area contributed by atoms with Crippen LogP contribution in [0.1, 0.15) is 54.7 Å². The summed E-state index contributed by atoms with van der Waals surface area (Å²) in [4.78, 5) is 26.4. The summed E-state index contributed by atoms with van der Waals surface area (Å²) in [5, 5.41) is 9.71. The van der Waals surface area contributed by atoms with E-state index >= 15 is 0 Å². The SMILES string of the molecule is O=C(O)CC1CCN(C(=O)C[C@@H]2O[C@@H](c3cccc4c3OCCO4)c3cc(Cl)ccc3-n3cccc32)CC1. The lowest BCUT2D eigenvalue weighted by atomic mass is 9.93. The maximum Gasteiger partial charge on any atom is 0.303 e. The number of carboxylic acid groups (broad SMARTS) is 1. The number of fused-ring (bicyclic) bond motifs is 4. The highest BCUT2D eigenvalue weighted by molar-refractivity contribution is 6.30. The first kappa shape index (κ1) is 24.8. The summed E-state index contributed by atoms with van der Waals surface area (Å²) in [5.41, 5.74) is 3.51. The summed E-state index contributed by atoms with van der Waals surface area (Å²) in [6.45, 7) is 2.04. The molecule has 8 nitrogen and oxygen atoms in total. The van der Waals surface area contributed by atoms with Crippen LogP contribution in [0, 0.1) is 5.92 Å². The largest absolute Gasteiger partial charge is 0.486 e. The summed E-state index contributed by atoms with van der Waals surface area (Å²) < 4.78 is 20.8. The number of hydrogen-bond donors (Lipinski definition) is 1. The minimum absolute atomic E-state index is 0.00561. The molecule has 6 rings (SSSR count). The number of aliphatic carboxylic acids is 1. The molecular formula is C29H29ClN2O6. The third kappa shape index (κ3) is 4.74. The van der Waals surface area contributed by atoms with Crippen LogP contribution in [-0.2, 0) is 14.3 Å². The fourth-order valence-corrected chi connectivity index (χ4v) is 5.94. The van der Waals surface area contributed by atoms with Gasteiger partial charge in [-0.3, -0.25) is 9.59 Å². The highest BCUT2D eigenvalue weighted by Crippen LogP contribution is 2.47. The monoisotopic (exact) mass is 536 g/mol. The third-order valence-corrected chi connectivity index (χ3v) is 7.85. The van der Waals surface area contributed by atoms with Crippen molar-refractivity contribution in [3.05, 3.63) is 76.6 Å². The zero-order chi connectivity index (χ0) is 26.2. The van der Waals surface area contributed by atoms with E-state index in [1.807, 2.05) is 59.6 Å². The van der Waals surface area contributed by atoms with Crippen LogP contribution < -0.4 is 9.47 Å². The van der Waals surface area contributed by atoms with E-state index in [0.717, 1.165) is 22.5 Å². The number of carbonyl (C=O) groups excluding carboxylic acids is 1. The lowest BCUT2D eigenvalue weighted by molar-refractivity contribution is -0.139. The number of likely N-dealkylation sites (tertiary alicyclic amines) is 1. The van der Waals surface area contributed by atoms with E-state index < -0.39 is 18.2 Å². The van der Waals surface area contributed by atoms with Crippen molar-refractivity contribution >= 4 is 23.5 Å². The Balaban J connectivity index is 1.33. The van der Waals surface area contributed by atoms with Gasteiger partial charge in [0.1, 0.15) is 25.4 Å². The summed E-state index contributed by atoms with van der Waals surface area (Å²) in [6, 6.07) is 15.4. The van der Waals surface area contributed by atoms with Crippen LogP contribution in [0.5, 0.6) is 11.5 Å². The summed E-state index contributed by atoms with van der Waals surface area (Å²) in [7, 11) is 0. The molecule has 0 bridgehead atoms. The maximum atomic E-state index is 13.5. The predicted octanol–water partition coefficient (Wildman–Crippen LogP) is 5.17. The van der Waals surface area contributed by atoms with E-state index in [9.17, 15) is 9.59 Å². The minimum Gasteiger partial charge on any atom is -0.486 e. The Hall–Kier alpha value is -3.49. The third-order valence-electron chi connectivity index (χ3n) is 7.61. The highest BCUT2D eigenvalue weighted by atomic mass is 35.5. The number of para-hydroxylation sites is 1. The number of benzene rings is 2. The molecule has 38 heavy (non-hydrogen) atoms. The molecule has 1 amide bonds. The molecule has 1 saturated heterocycles. The molecular weight excluding hydrogens is 508 g/mol. The Morgan fingerprint density at radius 1 is 0.974 bits per heavy atom. The van der Waals surface area contributed by atoms with Crippen molar-refractivity contribution in [2.45, 2.75) is 37.9 Å². The summed E-state index contributed by atoms with van der Waals surface area (Å²) >= 11 is 6.47. The van der Waals surface area contributed by atoms with Crippen LogP contribution in [0.3, 0.4) is 0 Å². The van der Waals surface area contributed by atoms with Crippen LogP contribution in [0.25, 0.3) is 5.69 Å². The number of rotatable bonds is 5. The van der Waals surface area contributed by atoms with Gasteiger partial charge in [0.25, 0.3) is 0 Å². The molecule has 2 atom stereocenters. The van der Waals surface area contributed by atoms with Gasteiger partial charge in [-0.05, 0) is 55.2 Å². The van der Waals surface area contributed by atoms with Gasteiger partial charge in [-0.1, -0.05) is 23.7 Å². The molecule has 198 valence electrons. The smallest absolute Gasteiger partial charge is 0.303 e. The van der Waals surface area contributed by atoms with Crippen molar-refractivity contribution in [1.29, 1.82) is 0 Å². The number of hydrogen-bond acceptors (Lipinski definition) is 5. The van der Waals surface area contributed by atoms with Crippen LogP contribution in [-0.4, -0.2) is 52.8 Å². The Morgan fingerprint density at radius 3 is 2.61 bits per heavy atom. The molecule has 9 heteroatoms. The topological polar surface area (TPSA) is 90.2 Å². The van der Waals surface area contributed by atoms with Gasteiger partial charge in [-0.15, -0.1) is 0 Å². The molecule has 0 spiro atoms. The lowest BCUT2D eigenvalue weighted by Gasteiger charge is -2.33. The number of aromatic nitrogens is 1. The molecule has 0 radical (unpaired) electrons. The van der Waals surface area contributed by atoms with Crippen molar-refractivity contribution < 1.29 is 28.9 Å². The molecule has 0 unspecified atom stereocenters. The molecule has 1 N–H and O–H groups in total. The van der Waals surface area contributed by atoms with Gasteiger partial charge < -0.3 is 28.8 Å². The van der Waals surface area contributed by atoms with Gasteiger partial charge in [0.2, 0.25) is 5.91 Å². The zero-order valence-corrected chi connectivity index (χ0v) is 21.6. The van der Waals surface area contributed by atoms with E-state index in [4.69, 9.17) is 30.9 Å². The van der Waals surface area contributed by atoms with E-state index in [1.165, 1.54) is 0 Å². The predicted molar refractivity (Wildman–Crippen MR) is 140 cm³/mol. The highest BCUT2D eigenvalue weighted by Gasteiger charge is 2.35. The van der Waals surface area contributed by atoms with Gasteiger partial charge in [0.05, 0.1) is 17.8 Å². The van der Waals surface area contributed by atoms with Gasteiger partial charge >= 0.3 is 5.97 Å². The van der Waals surface area contributed by atoms with Crippen LogP contribution >= 0.6 is 11.6 Å². The number of nitrogens with zero attached hydrogens (tertiary/aromatic N) is 2. The minimum atomic E-state index is -0.786. The Bertz CT molecular complexity index is 1360. The molecule has 3 aliphatic heterocycles. The maximum absolute atomic E-state index is 13.5. The van der Waals surface area contributed by atoms with Crippen LogP contribution in [0.4, 0.5) is 0 Å². The Labute approximate surface area is 225 Å². The van der Waals surface area contributed by atoms with E-state index in [-0.39, 0.29) is 24.7 Å². The number of halogens is 1. The first-order valence-corrected chi connectivity index (χ1v) is 13.4. The quantitative estimate of drug-likeness (QED) is 0.484. The number of piperidine rings is 1. The molecule has 1 aromatic heterocycles. The van der Waals surface area contributed by atoms with E-state index in [1.54, 1.807) is 0 Å². The second-order valence-corrected chi connectivity index (χ2v) is 10.4. The summed E-state index contributed by atoms with van der Waals surface area (Å²) in [6.07, 6.45) is 2.61. The number of carbonyl (C=O) groups is 2. The number of ether oxygens (including phenoxy) is 3. The molecule has 0 aliphatic carbocycles. The zero-order valence-electron chi connectivity index (χ0n) is 20.8. The lowest BCUT2D eigenvalue weighted by Crippen LogP contribution is -2.39. The normalized spacial score (nSPS) is 20.8. The second-order valence-electron chi connectivity index (χ2n) is 10.0. The molecule has 3 aliphatic rings. The van der Waals surface area contributed by atoms with Gasteiger partial charge in [0, 0.05) is 41.9 Å². The van der Waals surface area contributed by atoms with Crippen molar-refractivity contribution in [2.24, 2.45) is 5.92 Å². The van der Waals surface area contributed by atoms with Crippen molar-refractivity contribution in [3.8, 4) is 17.2 Å². The number of amides is 1. The first-order chi connectivity index (χ1) is 18.5. The first-order valence-electron chi connectivity index (χ1n) is 13.0. The van der Waals surface area contributed by atoms with Gasteiger partial charge in [-0.25, -0.2) is 0 Å². The number of carboxylic acids is 1. The van der Waals surface area contributed by atoms with Crippen molar-refractivity contribution in [3.63, 3.8) is 0 Å². The Kier molecular flexibility index (Phi) is 6.76. The van der Waals surface area contributed by atoms with Crippen LogP contribution in [0.2, 0.25) is 5.02 Å². The van der Waals surface area contributed by atoms with Crippen LogP contribution in [0.15, 0.2) is 54.7 Å². The fraction of sp³-hybridized carbons (Fsp3) is 0.379.